The molecule has 6 nitrogen and oxygen atoms in total. The van der Waals surface area contributed by atoms with Crippen molar-refractivity contribution in [2.24, 2.45) is 0 Å². The molecular weight excluding hydrogens is 326 g/mol. The molecule has 4 rings (SSSR count). The van der Waals surface area contributed by atoms with Crippen molar-refractivity contribution in [1.29, 1.82) is 0 Å². The van der Waals surface area contributed by atoms with Crippen molar-refractivity contribution in [3.8, 4) is 11.4 Å². The fourth-order valence-corrected chi connectivity index (χ4v) is 3.86. The first-order chi connectivity index (χ1) is 12.7. The number of nitrogens with zero attached hydrogens (tertiary/aromatic N) is 1. The highest BCUT2D eigenvalue weighted by molar-refractivity contribution is 5.82. The lowest BCUT2D eigenvalue weighted by Gasteiger charge is -2.30. The van der Waals surface area contributed by atoms with Crippen molar-refractivity contribution in [3.63, 3.8) is 0 Å². The Morgan fingerprint density at radius 1 is 1.12 bits per heavy atom. The van der Waals surface area contributed by atoms with E-state index in [4.69, 9.17) is 0 Å². The van der Waals surface area contributed by atoms with Crippen LogP contribution in [0.15, 0.2) is 41.3 Å². The fourth-order valence-electron chi connectivity index (χ4n) is 3.86. The van der Waals surface area contributed by atoms with Gasteiger partial charge in [0, 0.05) is 18.3 Å². The molecule has 136 valence electrons. The second-order valence-corrected chi connectivity index (χ2v) is 6.95. The number of aromatic nitrogens is 3. The second kappa shape index (κ2) is 7.33. The van der Waals surface area contributed by atoms with Crippen molar-refractivity contribution in [3.05, 3.63) is 46.9 Å². The molecule has 1 aromatic carbocycles. The maximum Gasteiger partial charge on any atom is 0.261 e. The van der Waals surface area contributed by atoms with E-state index < -0.39 is 0 Å². The topological polar surface area (TPSA) is 85.6 Å². The zero-order valence-electron chi connectivity index (χ0n) is 15.0. The summed E-state index contributed by atoms with van der Waals surface area (Å²) in [6.45, 7) is 3.17. The van der Waals surface area contributed by atoms with E-state index in [0.717, 1.165) is 48.9 Å². The summed E-state index contributed by atoms with van der Waals surface area (Å²) in [6.07, 6.45) is 6.22. The van der Waals surface area contributed by atoms with Crippen LogP contribution in [0.4, 0.5) is 5.69 Å². The summed E-state index contributed by atoms with van der Waals surface area (Å²) < 4.78 is 0. The van der Waals surface area contributed by atoms with E-state index in [0.29, 0.717) is 23.5 Å². The van der Waals surface area contributed by atoms with Gasteiger partial charge in [0.15, 0.2) is 0 Å². The number of anilines is 1. The van der Waals surface area contributed by atoms with Gasteiger partial charge >= 0.3 is 0 Å². The maximum atomic E-state index is 12.5. The first-order valence-electron chi connectivity index (χ1n) is 9.41. The molecule has 26 heavy (non-hydrogen) atoms. The molecule has 0 amide bonds. The first-order valence-corrected chi connectivity index (χ1v) is 9.41. The van der Waals surface area contributed by atoms with Gasteiger partial charge in [-0.25, -0.2) is 4.98 Å². The number of aromatic amines is 2. The van der Waals surface area contributed by atoms with Gasteiger partial charge in [0.2, 0.25) is 0 Å². The molecular formula is C20H25N5O. The lowest BCUT2D eigenvalue weighted by Crippen LogP contribution is -2.37. The van der Waals surface area contributed by atoms with Crippen LogP contribution in [0.2, 0.25) is 0 Å². The first kappa shape index (κ1) is 16.8. The number of fused-ring (bicyclic) bond motifs is 1. The van der Waals surface area contributed by atoms with E-state index in [1.54, 1.807) is 6.20 Å². The van der Waals surface area contributed by atoms with E-state index in [1.165, 1.54) is 0 Å². The molecule has 1 aliphatic rings. The summed E-state index contributed by atoms with van der Waals surface area (Å²) in [4.78, 5) is 23.2. The molecule has 0 spiro atoms. The minimum atomic E-state index is -0.129. The number of hydrogen-bond acceptors (Lipinski definition) is 4. The van der Waals surface area contributed by atoms with Crippen LogP contribution >= 0.6 is 0 Å². The van der Waals surface area contributed by atoms with Gasteiger partial charge in [-0.15, -0.1) is 0 Å². The lowest BCUT2D eigenvalue weighted by molar-refractivity contribution is 0.359. The number of pyridine rings is 1. The van der Waals surface area contributed by atoms with Crippen molar-refractivity contribution in [2.45, 2.75) is 44.7 Å². The predicted octanol–water partition coefficient (Wildman–Crippen LogP) is 3.25. The minimum absolute atomic E-state index is 0.129. The van der Waals surface area contributed by atoms with Crippen LogP contribution < -0.4 is 16.2 Å². The third-order valence-electron chi connectivity index (χ3n) is 5.17. The molecule has 0 atom stereocenters. The number of benzene rings is 1. The van der Waals surface area contributed by atoms with Crippen molar-refractivity contribution in [2.75, 3.05) is 11.9 Å². The molecule has 2 heterocycles. The molecule has 1 saturated carbocycles. The van der Waals surface area contributed by atoms with Gasteiger partial charge in [-0.2, -0.15) is 0 Å². The van der Waals surface area contributed by atoms with Gasteiger partial charge in [-0.3, -0.25) is 4.79 Å². The van der Waals surface area contributed by atoms with Crippen LogP contribution in [0.5, 0.6) is 0 Å². The minimum Gasteiger partial charge on any atom is -0.382 e. The van der Waals surface area contributed by atoms with Gasteiger partial charge in [-0.1, -0.05) is 19.1 Å². The summed E-state index contributed by atoms with van der Waals surface area (Å²) >= 11 is 0. The van der Waals surface area contributed by atoms with E-state index in [-0.39, 0.29) is 5.56 Å². The van der Waals surface area contributed by atoms with E-state index in [9.17, 15) is 4.79 Å². The third-order valence-corrected chi connectivity index (χ3v) is 5.17. The lowest BCUT2D eigenvalue weighted by atomic mass is 9.91. The summed E-state index contributed by atoms with van der Waals surface area (Å²) in [5.74, 6) is 0.608. The van der Waals surface area contributed by atoms with Gasteiger partial charge in [0.1, 0.15) is 11.4 Å². The van der Waals surface area contributed by atoms with Crippen molar-refractivity contribution >= 4 is 16.7 Å². The average molecular weight is 351 g/mol. The third kappa shape index (κ3) is 3.37. The molecule has 0 saturated heterocycles. The Labute approximate surface area is 152 Å². The summed E-state index contributed by atoms with van der Waals surface area (Å²) in [6, 6.07) is 10.8. The molecule has 6 heteroatoms. The molecule has 0 aliphatic heterocycles. The zero-order chi connectivity index (χ0) is 17.9. The van der Waals surface area contributed by atoms with Gasteiger partial charge < -0.3 is 20.6 Å². The number of H-pyrrole nitrogens is 2. The number of imidazole rings is 1. The Bertz CT molecular complexity index is 904. The van der Waals surface area contributed by atoms with Crippen LogP contribution in [-0.2, 0) is 0 Å². The number of para-hydroxylation sites is 2. The highest BCUT2D eigenvalue weighted by Gasteiger charge is 2.22. The normalized spacial score (nSPS) is 20.3. The fraction of sp³-hybridized carbons (Fsp3) is 0.400. The molecule has 4 N–H and O–H groups in total. The van der Waals surface area contributed by atoms with Gasteiger partial charge in [0.25, 0.3) is 5.56 Å². The average Bonchev–Trinajstić information content (AvgIpc) is 3.07. The summed E-state index contributed by atoms with van der Waals surface area (Å²) in [5, 5.41) is 7.12. The molecule has 0 radical (unpaired) electrons. The number of rotatable bonds is 5. The van der Waals surface area contributed by atoms with Crippen LogP contribution in [0, 0.1) is 0 Å². The van der Waals surface area contributed by atoms with Crippen molar-refractivity contribution < 1.29 is 0 Å². The quantitative estimate of drug-likeness (QED) is 0.568. The Morgan fingerprint density at radius 3 is 2.65 bits per heavy atom. The molecule has 1 aliphatic carbocycles. The monoisotopic (exact) mass is 351 g/mol. The Balaban J connectivity index is 1.60. The molecule has 0 unspecified atom stereocenters. The largest absolute Gasteiger partial charge is 0.382 e. The standard InChI is InChI=1S/C20H25N5O/c1-2-21-13-7-9-14(10-8-13)23-17-11-12-22-20(26)18(17)19-24-15-5-3-4-6-16(15)25-19/h3-6,11-14,21H,2,7-10H2,1H3,(H,24,25)(H2,22,23,26). The highest BCUT2D eigenvalue weighted by Crippen LogP contribution is 2.27. The van der Waals surface area contributed by atoms with E-state index >= 15 is 0 Å². The number of nitrogens with one attached hydrogen (secondary N) is 4. The van der Waals surface area contributed by atoms with Gasteiger partial charge in [-0.05, 0) is 50.4 Å². The van der Waals surface area contributed by atoms with Crippen LogP contribution in [0.3, 0.4) is 0 Å². The van der Waals surface area contributed by atoms with E-state index in [2.05, 4.69) is 32.5 Å². The summed E-state index contributed by atoms with van der Waals surface area (Å²) in [5.41, 5.74) is 3.10. The predicted molar refractivity (Wildman–Crippen MR) is 105 cm³/mol. The van der Waals surface area contributed by atoms with Crippen LogP contribution in [0.25, 0.3) is 22.4 Å². The summed E-state index contributed by atoms with van der Waals surface area (Å²) in [7, 11) is 0. The van der Waals surface area contributed by atoms with Crippen LogP contribution in [0.1, 0.15) is 32.6 Å². The Morgan fingerprint density at radius 2 is 1.88 bits per heavy atom. The smallest absolute Gasteiger partial charge is 0.261 e. The van der Waals surface area contributed by atoms with Crippen LogP contribution in [-0.4, -0.2) is 33.6 Å². The van der Waals surface area contributed by atoms with Crippen molar-refractivity contribution in [1.82, 2.24) is 20.3 Å². The SMILES string of the molecule is CCNC1CCC(Nc2cc[nH]c(=O)c2-c2nc3ccccc3[nH]2)CC1. The Hall–Kier alpha value is -2.60. The number of hydrogen-bond donors (Lipinski definition) is 4. The highest BCUT2D eigenvalue weighted by atomic mass is 16.1. The Kier molecular flexibility index (Phi) is 4.75. The van der Waals surface area contributed by atoms with Gasteiger partial charge in [0.05, 0.1) is 16.7 Å². The zero-order valence-corrected chi connectivity index (χ0v) is 15.0. The maximum absolute atomic E-state index is 12.5. The molecule has 0 bridgehead atoms. The second-order valence-electron chi connectivity index (χ2n) is 6.95. The van der Waals surface area contributed by atoms with E-state index in [1.807, 2.05) is 30.3 Å². The molecule has 2 aromatic heterocycles. The molecule has 3 aromatic rings. The molecule has 1 fully saturated rings.